The predicted molar refractivity (Wildman–Crippen MR) is 91.1 cm³/mol. The van der Waals surface area contributed by atoms with Gasteiger partial charge in [0.15, 0.2) is 10.9 Å². The summed E-state index contributed by atoms with van der Waals surface area (Å²) in [7, 11) is 0. The molecule has 0 atom stereocenters. The molecule has 7 nitrogen and oxygen atoms in total. The summed E-state index contributed by atoms with van der Waals surface area (Å²) in [5.74, 6) is -0.0618. The summed E-state index contributed by atoms with van der Waals surface area (Å²) in [6.45, 7) is 0.365. The zero-order chi connectivity index (χ0) is 16.8. The fraction of sp³-hybridized carbons (Fsp3) is 0.0625. The summed E-state index contributed by atoms with van der Waals surface area (Å²) in [4.78, 5) is 27.5. The molecule has 2 heterocycles. The lowest BCUT2D eigenvalue weighted by atomic mass is 10.2. The fourth-order valence-electron chi connectivity index (χ4n) is 1.92. The first-order valence-corrected chi connectivity index (χ1v) is 7.97. The largest absolute Gasteiger partial charge is 0.459 e. The number of furan rings is 1. The third-order valence-corrected chi connectivity index (χ3v) is 3.75. The van der Waals surface area contributed by atoms with Crippen molar-refractivity contribution in [2.24, 2.45) is 0 Å². The Morgan fingerprint density at radius 3 is 2.62 bits per heavy atom. The van der Waals surface area contributed by atoms with Crippen LogP contribution < -0.4 is 16.0 Å². The van der Waals surface area contributed by atoms with Crippen LogP contribution in [0.1, 0.15) is 16.1 Å². The van der Waals surface area contributed by atoms with Crippen LogP contribution in [0.5, 0.6) is 0 Å². The molecule has 3 aromatic rings. The van der Waals surface area contributed by atoms with Crippen LogP contribution in [0.3, 0.4) is 0 Å². The number of carbonyl (C=O) groups excluding carboxylic acids is 2. The lowest BCUT2D eigenvalue weighted by molar-refractivity contribution is 0.0996. The van der Waals surface area contributed by atoms with Gasteiger partial charge in [-0.3, -0.25) is 10.1 Å². The number of thiazole rings is 1. The van der Waals surface area contributed by atoms with Gasteiger partial charge >= 0.3 is 6.03 Å². The van der Waals surface area contributed by atoms with E-state index in [2.05, 4.69) is 20.9 Å². The molecule has 0 aliphatic heterocycles. The number of aromatic nitrogens is 1. The van der Waals surface area contributed by atoms with Crippen LogP contribution in [0.25, 0.3) is 0 Å². The highest BCUT2D eigenvalue weighted by Crippen LogP contribution is 2.12. The number of nitrogens with one attached hydrogen (secondary N) is 3. The molecule has 0 aliphatic rings. The second-order valence-electron chi connectivity index (χ2n) is 4.77. The Bertz CT molecular complexity index is 798. The molecule has 0 aliphatic carbocycles. The molecular formula is C16H14N4O3S. The van der Waals surface area contributed by atoms with E-state index in [4.69, 9.17) is 4.42 Å². The van der Waals surface area contributed by atoms with Crippen molar-refractivity contribution in [2.75, 3.05) is 10.6 Å². The van der Waals surface area contributed by atoms with Crippen LogP contribution in [0, 0.1) is 0 Å². The number of nitrogens with zero attached hydrogens (tertiary/aromatic N) is 1. The van der Waals surface area contributed by atoms with Crippen molar-refractivity contribution >= 4 is 34.1 Å². The Morgan fingerprint density at radius 2 is 1.96 bits per heavy atom. The summed E-state index contributed by atoms with van der Waals surface area (Å²) >= 11 is 1.35. The van der Waals surface area contributed by atoms with Gasteiger partial charge in [-0.05, 0) is 29.8 Å². The van der Waals surface area contributed by atoms with Crippen molar-refractivity contribution in [1.29, 1.82) is 0 Å². The number of rotatable bonds is 5. The maximum atomic E-state index is 11.9. The van der Waals surface area contributed by atoms with Crippen molar-refractivity contribution in [3.63, 3.8) is 0 Å². The SMILES string of the molecule is O=C(NCc1ccc(NC(=O)c2ccco2)cc1)Nc1nccs1. The highest BCUT2D eigenvalue weighted by atomic mass is 32.1. The van der Waals surface area contributed by atoms with Crippen LogP contribution in [0.2, 0.25) is 0 Å². The van der Waals surface area contributed by atoms with Gasteiger partial charge in [0.25, 0.3) is 5.91 Å². The summed E-state index contributed by atoms with van der Waals surface area (Å²) < 4.78 is 5.03. The molecule has 0 fully saturated rings. The van der Waals surface area contributed by atoms with E-state index in [-0.39, 0.29) is 17.7 Å². The summed E-state index contributed by atoms with van der Waals surface area (Å²) in [5, 5.41) is 10.4. The Kier molecular flexibility index (Phi) is 4.87. The first-order valence-electron chi connectivity index (χ1n) is 7.09. The zero-order valence-corrected chi connectivity index (χ0v) is 13.3. The standard InChI is InChI=1S/C16H14N4O3S/c21-14(13-2-1-8-23-13)19-12-5-3-11(4-6-12)10-18-15(22)20-16-17-7-9-24-16/h1-9H,10H2,(H,19,21)(H2,17,18,20,22). The van der Waals surface area contributed by atoms with Gasteiger partial charge < -0.3 is 15.1 Å². The summed E-state index contributed by atoms with van der Waals surface area (Å²) in [5.41, 5.74) is 1.55. The van der Waals surface area contributed by atoms with Gasteiger partial charge in [-0.1, -0.05) is 12.1 Å². The van der Waals surface area contributed by atoms with Gasteiger partial charge in [-0.25, -0.2) is 9.78 Å². The predicted octanol–water partition coefficient (Wildman–Crippen LogP) is 3.31. The van der Waals surface area contributed by atoms with E-state index < -0.39 is 0 Å². The molecule has 2 aromatic heterocycles. The van der Waals surface area contributed by atoms with E-state index >= 15 is 0 Å². The number of carbonyl (C=O) groups is 2. The molecule has 3 N–H and O–H groups in total. The molecule has 3 rings (SSSR count). The maximum Gasteiger partial charge on any atom is 0.321 e. The Morgan fingerprint density at radius 1 is 1.12 bits per heavy atom. The normalized spacial score (nSPS) is 10.2. The number of urea groups is 1. The maximum absolute atomic E-state index is 11.9. The minimum atomic E-state index is -0.319. The average Bonchev–Trinajstić information content (AvgIpc) is 3.28. The highest BCUT2D eigenvalue weighted by molar-refractivity contribution is 7.13. The lowest BCUT2D eigenvalue weighted by Gasteiger charge is -2.07. The molecule has 122 valence electrons. The molecule has 0 saturated heterocycles. The molecule has 0 radical (unpaired) electrons. The van der Waals surface area contributed by atoms with Crippen molar-refractivity contribution in [3.8, 4) is 0 Å². The molecule has 8 heteroatoms. The zero-order valence-electron chi connectivity index (χ0n) is 12.5. The Hall–Kier alpha value is -3.13. The second kappa shape index (κ2) is 7.42. The highest BCUT2D eigenvalue weighted by Gasteiger charge is 2.08. The lowest BCUT2D eigenvalue weighted by Crippen LogP contribution is -2.28. The monoisotopic (exact) mass is 342 g/mol. The first-order chi connectivity index (χ1) is 11.7. The van der Waals surface area contributed by atoms with Gasteiger partial charge in [-0.15, -0.1) is 11.3 Å². The number of hydrogen-bond donors (Lipinski definition) is 3. The van der Waals surface area contributed by atoms with E-state index in [1.54, 1.807) is 35.8 Å². The summed E-state index contributed by atoms with van der Waals surface area (Å²) in [6, 6.07) is 10.1. The average molecular weight is 342 g/mol. The quantitative estimate of drug-likeness (QED) is 0.663. The number of benzene rings is 1. The van der Waals surface area contributed by atoms with Crippen LogP contribution in [0.15, 0.2) is 58.7 Å². The van der Waals surface area contributed by atoms with Crippen LogP contribution >= 0.6 is 11.3 Å². The van der Waals surface area contributed by atoms with E-state index in [9.17, 15) is 9.59 Å². The molecule has 0 bridgehead atoms. The van der Waals surface area contributed by atoms with E-state index in [0.29, 0.717) is 17.4 Å². The van der Waals surface area contributed by atoms with Crippen LogP contribution in [0.4, 0.5) is 15.6 Å². The molecule has 3 amide bonds. The van der Waals surface area contributed by atoms with E-state index in [1.165, 1.54) is 17.6 Å². The van der Waals surface area contributed by atoms with Crippen LogP contribution in [-0.4, -0.2) is 16.9 Å². The molecular weight excluding hydrogens is 328 g/mol. The minimum Gasteiger partial charge on any atom is -0.459 e. The van der Waals surface area contributed by atoms with Crippen molar-refractivity contribution in [3.05, 3.63) is 65.6 Å². The van der Waals surface area contributed by atoms with Gasteiger partial charge in [0.05, 0.1) is 6.26 Å². The van der Waals surface area contributed by atoms with Gasteiger partial charge in [0, 0.05) is 23.8 Å². The van der Waals surface area contributed by atoms with Crippen molar-refractivity contribution < 1.29 is 14.0 Å². The minimum absolute atomic E-state index is 0.250. The Labute approximate surface area is 141 Å². The topological polar surface area (TPSA) is 96.3 Å². The molecule has 1 aromatic carbocycles. The van der Waals surface area contributed by atoms with E-state index in [0.717, 1.165) is 5.56 Å². The Balaban J connectivity index is 1.49. The van der Waals surface area contributed by atoms with Gasteiger partial charge in [0.1, 0.15) is 0 Å². The van der Waals surface area contributed by atoms with Gasteiger partial charge in [-0.2, -0.15) is 0 Å². The molecule has 0 spiro atoms. The summed E-state index contributed by atoms with van der Waals surface area (Å²) in [6.07, 6.45) is 3.07. The van der Waals surface area contributed by atoms with Crippen LogP contribution in [-0.2, 0) is 6.54 Å². The molecule has 0 saturated carbocycles. The van der Waals surface area contributed by atoms with Gasteiger partial charge in [0.2, 0.25) is 0 Å². The third-order valence-electron chi connectivity index (χ3n) is 3.06. The fourth-order valence-corrected chi connectivity index (χ4v) is 2.44. The molecule has 0 unspecified atom stereocenters. The number of amides is 3. The van der Waals surface area contributed by atoms with E-state index in [1.807, 2.05) is 12.1 Å². The number of hydrogen-bond acceptors (Lipinski definition) is 5. The van der Waals surface area contributed by atoms with Crippen molar-refractivity contribution in [2.45, 2.75) is 6.54 Å². The number of anilines is 2. The second-order valence-corrected chi connectivity index (χ2v) is 5.67. The smallest absolute Gasteiger partial charge is 0.321 e. The molecule has 24 heavy (non-hydrogen) atoms. The third kappa shape index (κ3) is 4.20. The first kappa shape index (κ1) is 15.8. The van der Waals surface area contributed by atoms with Crippen molar-refractivity contribution in [1.82, 2.24) is 10.3 Å².